The molecular formula is C22H24F2N2O3S. The number of rotatable bonds is 6. The molecule has 2 aliphatic rings. The third-order valence-electron chi connectivity index (χ3n) is 5.99. The van der Waals surface area contributed by atoms with E-state index in [1.54, 1.807) is 11.0 Å². The number of sulfonamides is 1. The van der Waals surface area contributed by atoms with Crippen molar-refractivity contribution in [2.75, 3.05) is 18.8 Å². The third-order valence-corrected chi connectivity index (χ3v) is 6.92. The van der Waals surface area contributed by atoms with Crippen molar-refractivity contribution >= 4 is 15.9 Å². The molecule has 2 fully saturated rings. The molecule has 0 bridgehead atoms. The normalized spacial score (nSPS) is 23.7. The van der Waals surface area contributed by atoms with Gasteiger partial charge in [-0.15, -0.1) is 0 Å². The number of carbonyl (C=O) groups excluding carboxylic acids is 1. The molecule has 3 atom stereocenters. The molecule has 8 heteroatoms. The van der Waals surface area contributed by atoms with Crippen LogP contribution in [-0.2, 0) is 14.8 Å². The number of halogens is 2. The molecule has 30 heavy (non-hydrogen) atoms. The zero-order valence-corrected chi connectivity index (χ0v) is 17.2. The molecule has 0 radical (unpaired) electrons. The van der Waals surface area contributed by atoms with Crippen molar-refractivity contribution in [1.82, 2.24) is 4.90 Å². The molecule has 1 amide bonds. The molecule has 1 saturated carbocycles. The fraction of sp³-hybridized carbons (Fsp3) is 0.409. The van der Waals surface area contributed by atoms with Crippen molar-refractivity contribution in [1.29, 1.82) is 0 Å². The van der Waals surface area contributed by atoms with Gasteiger partial charge >= 0.3 is 0 Å². The summed E-state index contributed by atoms with van der Waals surface area (Å²) in [7, 11) is -3.56. The van der Waals surface area contributed by atoms with Crippen molar-refractivity contribution in [3.8, 4) is 11.1 Å². The van der Waals surface area contributed by atoms with Crippen LogP contribution in [0.2, 0.25) is 0 Å². The van der Waals surface area contributed by atoms with Crippen LogP contribution in [0.3, 0.4) is 0 Å². The minimum absolute atomic E-state index is 0.00821. The lowest BCUT2D eigenvalue weighted by Gasteiger charge is -2.17. The topological polar surface area (TPSA) is 80.5 Å². The lowest BCUT2D eigenvalue weighted by atomic mass is 9.94. The second kappa shape index (κ2) is 8.07. The number of alkyl halides is 2. The number of hydrogen-bond acceptors (Lipinski definition) is 3. The van der Waals surface area contributed by atoms with E-state index in [0.29, 0.717) is 25.9 Å². The Bertz CT molecular complexity index is 1040. The van der Waals surface area contributed by atoms with Gasteiger partial charge in [-0.25, -0.2) is 22.3 Å². The molecule has 4 rings (SSSR count). The number of benzene rings is 2. The van der Waals surface area contributed by atoms with Crippen molar-refractivity contribution in [3.63, 3.8) is 0 Å². The molecule has 2 aromatic carbocycles. The first-order valence-corrected chi connectivity index (χ1v) is 11.7. The summed E-state index contributed by atoms with van der Waals surface area (Å²) in [4.78, 5) is 14.7. The predicted octanol–water partition coefficient (Wildman–Crippen LogP) is 3.53. The van der Waals surface area contributed by atoms with E-state index in [1.807, 2.05) is 30.3 Å². The average molecular weight is 435 g/mol. The average Bonchev–Trinajstić information content (AvgIpc) is 3.37. The van der Waals surface area contributed by atoms with Crippen LogP contribution in [0.5, 0.6) is 0 Å². The molecular weight excluding hydrogens is 410 g/mol. The van der Waals surface area contributed by atoms with E-state index in [0.717, 1.165) is 16.7 Å². The van der Waals surface area contributed by atoms with Gasteiger partial charge in [0, 0.05) is 24.6 Å². The molecule has 1 aliphatic heterocycles. The first kappa shape index (κ1) is 20.9. The van der Waals surface area contributed by atoms with E-state index in [-0.39, 0.29) is 35.0 Å². The zero-order valence-electron chi connectivity index (χ0n) is 16.4. The molecule has 0 spiro atoms. The minimum atomic E-state index is -3.56. The minimum Gasteiger partial charge on any atom is -0.342 e. The Morgan fingerprint density at radius 1 is 1.17 bits per heavy atom. The van der Waals surface area contributed by atoms with E-state index >= 15 is 0 Å². The summed E-state index contributed by atoms with van der Waals surface area (Å²) >= 11 is 0. The molecule has 2 N–H and O–H groups in total. The molecule has 1 saturated heterocycles. The molecule has 160 valence electrons. The van der Waals surface area contributed by atoms with E-state index < -0.39 is 16.4 Å². The van der Waals surface area contributed by atoms with Gasteiger partial charge in [0.05, 0.1) is 5.75 Å². The largest absolute Gasteiger partial charge is 0.342 e. The quantitative estimate of drug-likeness (QED) is 0.755. The monoisotopic (exact) mass is 434 g/mol. The maximum Gasteiger partial charge on any atom is 0.263 e. The predicted molar refractivity (Wildman–Crippen MR) is 110 cm³/mol. The second-order valence-corrected chi connectivity index (χ2v) is 9.89. The van der Waals surface area contributed by atoms with Gasteiger partial charge < -0.3 is 4.90 Å². The number of hydrogen-bond donors (Lipinski definition) is 1. The van der Waals surface area contributed by atoms with Crippen LogP contribution < -0.4 is 5.14 Å². The standard InChI is InChI=1S/C22H24F2N2O3S/c23-21(24)16-6-7-17(18(10-16)15-4-2-1-3-5-15)19-11-20(19)22(27)26-9-8-14(12-26)13-30(25,28)29/h1-7,10,14,19-21H,8-9,11-13H2,(H2,25,28,29)/t14-,19-,20+/m0/s1. The van der Waals surface area contributed by atoms with Gasteiger partial charge in [-0.1, -0.05) is 42.5 Å². The van der Waals surface area contributed by atoms with Gasteiger partial charge in [0.1, 0.15) is 0 Å². The van der Waals surface area contributed by atoms with Crippen LogP contribution in [0, 0.1) is 11.8 Å². The zero-order chi connectivity index (χ0) is 21.5. The molecule has 0 aromatic heterocycles. The number of primary sulfonamides is 1. The second-order valence-electron chi connectivity index (χ2n) is 8.23. The third kappa shape index (κ3) is 4.54. The number of carbonyl (C=O) groups is 1. The van der Waals surface area contributed by atoms with Gasteiger partial charge in [-0.2, -0.15) is 0 Å². The first-order chi connectivity index (χ1) is 14.2. The molecule has 1 heterocycles. The highest BCUT2D eigenvalue weighted by Crippen LogP contribution is 2.52. The van der Waals surface area contributed by atoms with Crippen LogP contribution in [0.1, 0.15) is 36.3 Å². The maximum absolute atomic E-state index is 13.3. The van der Waals surface area contributed by atoms with E-state index in [9.17, 15) is 22.0 Å². The van der Waals surface area contributed by atoms with Crippen molar-refractivity contribution in [2.45, 2.75) is 25.2 Å². The Morgan fingerprint density at radius 2 is 1.90 bits per heavy atom. The number of nitrogens with zero attached hydrogens (tertiary/aromatic N) is 1. The maximum atomic E-state index is 13.3. The SMILES string of the molecule is NS(=O)(=O)C[C@H]1CCN(C(=O)[C@@H]2C[C@H]2c2ccc(C(F)F)cc2-c2ccccc2)C1. The Balaban J connectivity index is 1.52. The summed E-state index contributed by atoms with van der Waals surface area (Å²) in [6.07, 6.45) is -1.26. The Morgan fingerprint density at radius 3 is 2.57 bits per heavy atom. The van der Waals surface area contributed by atoms with E-state index in [2.05, 4.69) is 0 Å². The fourth-order valence-corrected chi connectivity index (χ4v) is 5.37. The Labute approximate surface area is 174 Å². The van der Waals surface area contributed by atoms with Crippen LogP contribution in [0.15, 0.2) is 48.5 Å². The van der Waals surface area contributed by atoms with E-state index in [4.69, 9.17) is 5.14 Å². The molecule has 0 unspecified atom stereocenters. The summed E-state index contributed by atoms with van der Waals surface area (Å²) in [6.45, 7) is 0.923. The fourth-order valence-electron chi connectivity index (χ4n) is 4.44. The molecule has 5 nitrogen and oxygen atoms in total. The number of amides is 1. The lowest BCUT2D eigenvalue weighted by Crippen LogP contribution is -2.32. The number of nitrogens with two attached hydrogens (primary N) is 1. The van der Waals surface area contributed by atoms with Crippen LogP contribution in [-0.4, -0.2) is 38.1 Å². The smallest absolute Gasteiger partial charge is 0.263 e. The molecule has 2 aromatic rings. The van der Waals surface area contributed by atoms with Gasteiger partial charge in [0.25, 0.3) is 6.43 Å². The van der Waals surface area contributed by atoms with Gasteiger partial charge in [-0.05, 0) is 47.4 Å². The first-order valence-electron chi connectivity index (χ1n) is 9.99. The lowest BCUT2D eigenvalue weighted by molar-refractivity contribution is -0.131. The highest BCUT2D eigenvalue weighted by molar-refractivity contribution is 7.89. The van der Waals surface area contributed by atoms with Crippen LogP contribution >= 0.6 is 0 Å². The number of likely N-dealkylation sites (tertiary alicyclic amines) is 1. The summed E-state index contributed by atoms with van der Waals surface area (Å²) in [5.41, 5.74) is 2.46. The van der Waals surface area contributed by atoms with Crippen molar-refractivity contribution < 1.29 is 22.0 Å². The molecule has 1 aliphatic carbocycles. The van der Waals surface area contributed by atoms with Gasteiger partial charge in [0.2, 0.25) is 15.9 Å². The summed E-state index contributed by atoms with van der Waals surface area (Å²) in [6, 6.07) is 14.0. The summed E-state index contributed by atoms with van der Waals surface area (Å²) < 4.78 is 49.2. The van der Waals surface area contributed by atoms with Crippen molar-refractivity contribution in [3.05, 3.63) is 59.7 Å². The van der Waals surface area contributed by atoms with Crippen LogP contribution in [0.25, 0.3) is 11.1 Å². The highest BCUT2D eigenvalue weighted by Gasteiger charge is 2.47. The summed E-state index contributed by atoms with van der Waals surface area (Å²) in [5, 5.41) is 5.13. The van der Waals surface area contributed by atoms with Gasteiger partial charge in [0.15, 0.2) is 0 Å². The van der Waals surface area contributed by atoms with Gasteiger partial charge in [-0.3, -0.25) is 4.79 Å². The summed E-state index contributed by atoms with van der Waals surface area (Å²) in [5.74, 6) is -0.451. The van der Waals surface area contributed by atoms with E-state index in [1.165, 1.54) is 12.1 Å². The van der Waals surface area contributed by atoms with Crippen molar-refractivity contribution in [2.24, 2.45) is 17.0 Å². The highest BCUT2D eigenvalue weighted by atomic mass is 32.2. The Kier molecular flexibility index (Phi) is 5.63. The Hall–Kier alpha value is -2.32. The van der Waals surface area contributed by atoms with Crippen LogP contribution in [0.4, 0.5) is 8.78 Å².